The molecule has 5 nitrogen and oxygen atoms in total. The van der Waals surface area contributed by atoms with E-state index in [2.05, 4.69) is 5.32 Å². The van der Waals surface area contributed by atoms with Crippen molar-refractivity contribution in [3.05, 3.63) is 93.4 Å². The van der Waals surface area contributed by atoms with Crippen LogP contribution in [0.15, 0.2) is 77.7 Å². The van der Waals surface area contributed by atoms with E-state index in [1.165, 1.54) is 30.3 Å². The van der Waals surface area contributed by atoms with Crippen molar-refractivity contribution >= 4 is 68.2 Å². The van der Waals surface area contributed by atoms with E-state index in [4.69, 9.17) is 34.8 Å². The second-order valence-electron chi connectivity index (χ2n) is 6.98. The van der Waals surface area contributed by atoms with E-state index in [0.29, 0.717) is 17.3 Å². The number of hydrogen-bond donors (Lipinski definition) is 1. The van der Waals surface area contributed by atoms with Crippen LogP contribution in [0.3, 0.4) is 0 Å². The first-order chi connectivity index (χ1) is 15.8. The molecule has 0 saturated heterocycles. The summed E-state index contributed by atoms with van der Waals surface area (Å²) in [6, 6.07) is 19.9. The van der Waals surface area contributed by atoms with Crippen molar-refractivity contribution < 1.29 is 13.2 Å². The number of hydrogen-bond acceptors (Lipinski definition) is 4. The Labute approximate surface area is 213 Å². The van der Waals surface area contributed by atoms with Crippen molar-refractivity contribution in [2.75, 3.05) is 23.1 Å². The van der Waals surface area contributed by atoms with Gasteiger partial charge in [0.1, 0.15) is 6.54 Å². The largest absolute Gasteiger partial charge is 0.354 e. The molecule has 0 unspecified atom stereocenters. The molecule has 0 spiro atoms. The number of carbonyl (C=O) groups excluding carboxylic acids is 1. The molecule has 0 aromatic heterocycles. The molecule has 0 atom stereocenters. The lowest BCUT2D eigenvalue weighted by Gasteiger charge is -2.24. The number of anilines is 1. The minimum atomic E-state index is -4.02. The normalized spacial score (nSPS) is 11.2. The zero-order valence-corrected chi connectivity index (χ0v) is 21.3. The van der Waals surface area contributed by atoms with E-state index in [0.717, 1.165) is 15.6 Å². The molecule has 3 rings (SSSR count). The first-order valence-corrected chi connectivity index (χ1v) is 13.6. The predicted molar refractivity (Wildman–Crippen MR) is 138 cm³/mol. The van der Waals surface area contributed by atoms with Crippen molar-refractivity contribution in [1.29, 1.82) is 0 Å². The maximum Gasteiger partial charge on any atom is 0.264 e. The van der Waals surface area contributed by atoms with E-state index >= 15 is 0 Å². The quantitative estimate of drug-likeness (QED) is 0.324. The van der Waals surface area contributed by atoms with Crippen LogP contribution < -0.4 is 9.62 Å². The monoisotopic (exact) mass is 542 g/mol. The van der Waals surface area contributed by atoms with E-state index in [9.17, 15) is 13.2 Å². The van der Waals surface area contributed by atoms with Gasteiger partial charge in [0.25, 0.3) is 10.0 Å². The highest BCUT2D eigenvalue weighted by atomic mass is 35.5. The predicted octanol–water partition coefficient (Wildman–Crippen LogP) is 5.89. The lowest BCUT2D eigenvalue weighted by atomic mass is 10.2. The summed E-state index contributed by atoms with van der Waals surface area (Å²) in [5.74, 6) is 0.979. The second-order valence-corrected chi connectivity index (χ2v) is 11.3. The van der Waals surface area contributed by atoms with Crippen LogP contribution in [0.25, 0.3) is 0 Å². The maximum atomic E-state index is 13.3. The molecule has 0 radical (unpaired) electrons. The van der Waals surface area contributed by atoms with Crippen LogP contribution >= 0.6 is 46.6 Å². The summed E-state index contributed by atoms with van der Waals surface area (Å²) in [6.07, 6.45) is 0. The minimum Gasteiger partial charge on any atom is -0.354 e. The summed E-state index contributed by atoms with van der Waals surface area (Å²) in [7, 11) is -4.02. The van der Waals surface area contributed by atoms with Gasteiger partial charge in [0.2, 0.25) is 5.91 Å². The Balaban J connectivity index is 1.66. The Bertz CT molecular complexity index is 1190. The van der Waals surface area contributed by atoms with Gasteiger partial charge in [-0.3, -0.25) is 9.10 Å². The van der Waals surface area contributed by atoms with Gasteiger partial charge in [-0.05, 0) is 48.0 Å². The molecule has 0 saturated carbocycles. The lowest BCUT2D eigenvalue weighted by molar-refractivity contribution is -0.119. The van der Waals surface area contributed by atoms with Gasteiger partial charge in [0.15, 0.2) is 0 Å². The molecule has 3 aromatic rings. The number of thioether (sulfide) groups is 1. The number of halogens is 3. The molecule has 1 N–H and O–H groups in total. The third-order valence-electron chi connectivity index (χ3n) is 4.48. The molecule has 33 heavy (non-hydrogen) atoms. The van der Waals surface area contributed by atoms with E-state index in [1.54, 1.807) is 30.0 Å². The van der Waals surface area contributed by atoms with Crippen LogP contribution in [-0.4, -0.2) is 33.2 Å². The summed E-state index contributed by atoms with van der Waals surface area (Å²) in [5, 5.41) is 3.99. The molecule has 0 aliphatic carbocycles. The van der Waals surface area contributed by atoms with Crippen LogP contribution in [-0.2, 0) is 20.6 Å². The van der Waals surface area contributed by atoms with Gasteiger partial charge in [0, 0.05) is 33.1 Å². The number of sulfonamides is 1. The molecule has 1 amide bonds. The zero-order chi connectivity index (χ0) is 23.8. The molecule has 10 heteroatoms. The highest BCUT2D eigenvalue weighted by molar-refractivity contribution is 7.98. The van der Waals surface area contributed by atoms with Gasteiger partial charge in [-0.15, -0.1) is 0 Å². The molecule has 3 aromatic carbocycles. The number of rotatable bonds is 10. The van der Waals surface area contributed by atoms with Crippen molar-refractivity contribution in [1.82, 2.24) is 5.32 Å². The molecule has 0 aliphatic heterocycles. The fourth-order valence-electron chi connectivity index (χ4n) is 2.98. The van der Waals surface area contributed by atoms with Crippen LogP contribution in [0.2, 0.25) is 15.1 Å². The maximum absolute atomic E-state index is 13.3. The molecular formula is C23H21Cl3N2O3S2. The second kappa shape index (κ2) is 12.0. The van der Waals surface area contributed by atoms with Crippen molar-refractivity contribution in [3.8, 4) is 0 Å². The van der Waals surface area contributed by atoms with Gasteiger partial charge < -0.3 is 5.32 Å². The highest BCUT2D eigenvalue weighted by Gasteiger charge is 2.27. The van der Waals surface area contributed by atoms with Gasteiger partial charge in [-0.1, -0.05) is 65.1 Å². The lowest BCUT2D eigenvalue weighted by Crippen LogP contribution is -2.41. The van der Waals surface area contributed by atoms with Crippen LogP contribution in [0.5, 0.6) is 0 Å². The summed E-state index contributed by atoms with van der Waals surface area (Å²) in [4.78, 5) is 12.7. The molecule has 174 valence electrons. The number of benzene rings is 3. The summed E-state index contributed by atoms with van der Waals surface area (Å²) < 4.78 is 27.6. The fraction of sp³-hybridized carbons (Fsp3) is 0.174. The number of nitrogens with zero attached hydrogens (tertiary/aromatic N) is 1. The Hall–Kier alpha value is -1.90. The average molecular weight is 544 g/mol. The first-order valence-electron chi connectivity index (χ1n) is 9.88. The Morgan fingerprint density at radius 2 is 1.58 bits per heavy atom. The molecule has 0 bridgehead atoms. The van der Waals surface area contributed by atoms with Gasteiger partial charge in [-0.25, -0.2) is 8.42 Å². The van der Waals surface area contributed by atoms with Gasteiger partial charge in [-0.2, -0.15) is 11.8 Å². The van der Waals surface area contributed by atoms with E-state index in [-0.39, 0.29) is 20.6 Å². The standard InChI is InChI=1S/C23H21Cl3N2O3S2/c24-18-6-4-5-17(11-18)16-32-10-9-27-23(29)15-28(21-13-19(25)12-20(26)14-21)33(30,31)22-7-2-1-3-8-22/h1-8,11-14H,9-10,15-16H2,(H,27,29). The average Bonchev–Trinajstić information content (AvgIpc) is 2.77. The zero-order valence-electron chi connectivity index (χ0n) is 17.4. The number of amides is 1. The van der Waals surface area contributed by atoms with Crippen molar-refractivity contribution in [2.45, 2.75) is 10.6 Å². The number of carbonyl (C=O) groups is 1. The summed E-state index contributed by atoms with van der Waals surface area (Å²) in [5.41, 5.74) is 1.30. The molecular weight excluding hydrogens is 523 g/mol. The summed E-state index contributed by atoms with van der Waals surface area (Å²) in [6.45, 7) is -0.0214. The van der Waals surface area contributed by atoms with Crippen molar-refractivity contribution in [3.63, 3.8) is 0 Å². The van der Waals surface area contributed by atoms with Gasteiger partial charge >= 0.3 is 0 Å². The third kappa shape index (κ3) is 7.55. The fourth-order valence-corrected chi connectivity index (χ4v) is 5.94. The Morgan fingerprint density at radius 3 is 2.24 bits per heavy atom. The topological polar surface area (TPSA) is 66.5 Å². The van der Waals surface area contributed by atoms with Crippen LogP contribution in [0, 0.1) is 0 Å². The smallest absolute Gasteiger partial charge is 0.264 e. The molecule has 0 aliphatic rings. The van der Waals surface area contributed by atoms with Crippen molar-refractivity contribution in [2.24, 2.45) is 0 Å². The van der Waals surface area contributed by atoms with E-state index in [1.807, 2.05) is 24.3 Å². The minimum absolute atomic E-state index is 0.0611. The van der Waals surface area contributed by atoms with Crippen LogP contribution in [0.4, 0.5) is 5.69 Å². The van der Waals surface area contributed by atoms with Crippen LogP contribution in [0.1, 0.15) is 5.56 Å². The third-order valence-corrected chi connectivity index (χ3v) is 7.97. The Kier molecular flexibility index (Phi) is 9.35. The van der Waals surface area contributed by atoms with Gasteiger partial charge in [0.05, 0.1) is 10.6 Å². The first kappa shape index (κ1) is 25.7. The Morgan fingerprint density at radius 1 is 0.879 bits per heavy atom. The molecule has 0 heterocycles. The SMILES string of the molecule is O=C(CN(c1cc(Cl)cc(Cl)c1)S(=O)(=O)c1ccccc1)NCCSCc1cccc(Cl)c1. The number of nitrogens with one attached hydrogen (secondary N) is 1. The molecule has 0 fully saturated rings. The van der Waals surface area contributed by atoms with E-state index < -0.39 is 22.5 Å². The summed E-state index contributed by atoms with van der Waals surface area (Å²) >= 11 is 19.8. The highest BCUT2D eigenvalue weighted by Crippen LogP contribution is 2.29.